The zero-order valence-electron chi connectivity index (χ0n) is 21.8. The first-order valence-corrected chi connectivity index (χ1v) is 12.4. The lowest BCUT2D eigenvalue weighted by atomic mass is 10.1. The molecule has 2 aromatic carbocycles. The third-order valence-electron chi connectivity index (χ3n) is 6.33. The number of rotatable bonds is 6. The van der Waals surface area contributed by atoms with Gasteiger partial charge in [-0.2, -0.15) is 0 Å². The molecule has 2 amide bonds. The smallest absolute Gasteiger partial charge is 0.296 e. The molecule has 198 valence electrons. The maximum atomic E-state index is 13.5. The molecule has 4 N–H and O–H groups in total. The Morgan fingerprint density at radius 3 is 2.48 bits per heavy atom. The van der Waals surface area contributed by atoms with Crippen LogP contribution < -0.4 is 21.9 Å². The molecule has 3 aromatic heterocycles. The zero-order valence-corrected chi connectivity index (χ0v) is 21.8. The molecule has 5 aromatic rings. The second-order valence-corrected chi connectivity index (χ2v) is 8.91. The number of nitrogens with one attached hydrogen (secondary N) is 2. The van der Waals surface area contributed by atoms with E-state index in [0.717, 1.165) is 22.2 Å². The van der Waals surface area contributed by atoms with Crippen molar-refractivity contribution in [3.05, 3.63) is 101 Å². The van der Waals surface area contributed by atoms with Crippen LogP contribution in [0.5, 0.6) is 0 Å². The SMILES string of the molecule is CC#CC(=O)NCc1ccc(C(=O)Nc2ccc(-c3cn(C)c4ncnc(N)c34)cc2)c(=O)n1-c1ccccc1. The van der Waals surface area contributed by atoms with Crippen LogP contribution in [0.15, 0.2) is 84.0 Å². The highest BCUT2D eigenvalue weighted by molar-refractivity contribution is 6.05. The molecule has 0 radical (unpaired) electrons. The first kappa shape index (κ1) is 25.9. The summed E-state index contributed by atoms with van der Waals surface area (Å²) in [5.41, 5.74) is 9.59. The molecule has 10 nitrogen and oxygen atoms in total. The van der Waals surface area contributed by atoms with Crippen LogP contribution in [0.25, 0.3) is 27.8 Å². The lowest BCUT2D eigenvalue weighted by molar-refractivity contribution is -0.115. The summed E-state index contributed by atoms with van der Waals surface area (Å²) in [4.78, 5) is 47.0. The van der Waals surface area contributed by atoms with Gasteiger partial charge in [-0.05, 0) is 54.8 Å². The number of carbonyl (C=O) groups excluding carboxylic acids is 2. The summed E-state index contributed by atoms with van der Waals surface area (Å²) in [5, 5.41) is 6.22. The van der Waals surface area contributed by atoms with Crippen molar-refractivity contribution < 1.29 is 9.59 Å². The molecule has 0 aliphatic rings. The molecule has 0 saturated heterocycles. The molecule has 10 heteroatoms. The van der Waals surface area contributed by atoms with Gasteiger partial charge in [-0.25, -0.2) is 9.97 Å². The number of fused-ring (bicyclic) bond motifs is 1. The predicted octanol–water partition coefficient (Wildman–Crippen LogP) is 3.26. The number of aromatic nitrogens is 4. The molecular weight excluding hydrogens is 506 g/mol. The molecule has 0 aliphatic carbocycles. The molecule has 0 aliphatic heterocycles. The van der Waals surface area contributed by atoms with Crippen molar-refractivity contribution in [1.82, 2.24) is 24.4 Å². The number of carbonyl (C=O) groups is 2. The number of nitrogen functional groups attached to an aromatic ring is 1. The number of hydrogen-bond donors (Lipinski definition) is 3. The Kier molecular flexibility index (Phi) is 7.11. The van der Waals surface area contributed by atoms with Gasteiger partial charge in [-0.1, -0.05) is 36.3 Å². The molecule has 5 rings (SSSR count). The van der Waals surface area contributed by atoms with Crippen LogP contribution >= 0.6 is 0 Å². The first-order chi connectivity index (χ1) is 19.4. The molecular formula is C30H25N7O3. The van der Waals surface area contributed by atoms with Gasteiger partial charge in [0.25, 0.3) is 17.4 Å². The summed E-state index contributed by atoms with van der Waals surface area (Å²) >= 11 is 0. The highest BCUT2D eigenvalue weighted by Gasteiger charge is 2.18. The summed E-state index contributed by atoms with van der Waals surface area (Å²) in [6.07, 6.45) is 3.35. The lowest BCUT2D eigenvalue weighted by Crippen LogP contribution is -2.32. The van der Waals surface area contributed by atoms with Crippen LogP contribution in [-0.4, -0.2) is 30.9 Å². The molecule has 0 atom stereocenters. The number of para-hydroxylation sites is 1. The molecule has 40 heavy (non-hydrogen) atoms. The summed E-state index contributed by atoms with van der Waals surface area (Å²) in [6, 6.07) is 19.2. The van der Waals surface area contributed by atoms with Crippen LogP contribution in [0.3, 0.4) is 0 Å². The highest BCUT2D eigenvalue weighted by atomic mass is 16.2. The van der Waals surface area contributed by atoms with E-state index >= 15 is 0 Å². The molecule has 0 saturated carbocycles. The Morgan fingerprint density at radius 1 is 1.00 bits per heavy atom. The predicted molar refractivity (Wildman–Crippen MR) is 154 cm³/mol. The molecule has 0 fully saturated rings. The maximum absolute atomic E-state index is 13.5. The van der Waals surface area contributed by atoms with E-state index in [0.29, 0.717) is 22.9 Å². The summed E-state index contributed by atoms with van der Waals surface area (Å²) < 4.78 is 3.28. The Balaban J connectivity index is 1.43. The number of pyridine rings is 1. The Hall–Kier alpha value is -5.69. The fraction of sp³-hybridized carbons (Fsp3) is 0.100. The largest absolute Gasteiger partial charge is 0.383 e. The number of benzene rings is 2. The minimum Gasteiger partial charge on any atom is -0.383 e. The van der Waals surface area contributed by atoms with Gasteiger partial charge in [-0.15, -0.1) is 0 Å². The van der Waals surface area contributed by atoms with E-state index in [-0.39, 0.29) is 12.1 Å². The number of nitrogens with zero attached hydrogens (tertiary/aromatic N) is 4. The monoisotopic (exact) mass is 531 g/mol. The van der Waals surface area contributed by atoms with Gasteiger partial charge >= 0.3 is 0 Å². The minimum absolute atomic E-state index is 0.0460. The molecule has 0 unspecified atom stereocenters. The number of nitrogens with two attached hydrogens (primary N) is 1. The normalized spacial score (nSPS) is 10.6. The second-order valence-electron chi connectivity index (χ2n) is 8.91. The molecule has 0 bridgehead atoms. The Bertz CT molecular complexity index is 1860. The fourth-order valence-electron chi connectivity index (χ4n) is 4.46. The van der Waals surface area contributed by atoms with Gasteiger partial charge in [-0.3, -0.25) is 19.0 Å². The third kappa shape index (κ3) is 5.04. The number of aryl methyl sites for hydroxylation is 1. The van der Waals surface area contributed by atoms with Gasteiger partial charge in [0.2, 0.25) is 0 Å². The van der Waals surface area contributed by atoms with Crippen molar-refractivity contribution in [3.8, 4) is 28.7 Å². The number of anilines is 2. The van der Waals surface area contributed by atoms with Crippen LogP contribution in [-0.2, 0) is 18.4 Å². The molecule has 3 heterocycles. The number of amides is 2. The Labute approximate surface area is 229 Å². The average Bonchev–Trinajstić information content (AvgIpc) is 3.30. The number of hydrogen-bond acceptors (Lipinski definition) is 6. The van der Waals surface area contributed by atoms with E-state index in [2.05, 4.69) is 32.4 Å². The van der Waals surface area contributed by atoms with Crippen LogP contribution in [0.1, 0.15) is 23.0 Å². The van der Waals surface area contributed by atoms with Gasteiger partial charge < -0.3 is 20.9 Å². The van der Waals surface area contributed by atoms with E-state index in [1.54, 1.807) is 49.4 Å². The third-order valence-corrected chi connectivity index (χ3v) is 6.33. The van der Waals surface area contributed by atoms with Gasteiger partial charge in [0.05, 0.1) is 11.9 Å². The van der Waals surface area contributed by atoms with E-state index in [1.807, 2.05) is 36.0 Å². The van der Waals surface area contributed by atoms with E-state index in [9.17, 15) is 14.4 Å². The lowest BCUT2D eigenvalue weighted by Gasteiger charge is -2.15. The van der Waals surface area contributed by atoms with E-state index in [4.69, 9.17) is 5.73 Å². The summed E-state index contributed by atoms with van der Waals surface area (Å²) in [6.45, 7) is 1.62. The van der Waals surface area contributed by atoms with E-state index in [1.165, 1.54) is 17.0 Å². The van der Waals surface area contributed by atoms with Crippen molar-refractivity contribution in [1.29, 1.82) is 0 Å². The van der Waals surface area contributed by atoms with Crippen molar-refractivity contribution >= 4 is 34.4 Å². The van der Waals surface area contributed by atoms with E-state index < -0.39 is 17.4 Å². The topological polar surface area (TPSA) is 137 Å². The van der Waals surface area contributed by atoms with Gasteiger partial charge in [0, 0.05) is 35.9 Å². The summed E-state index contributed by atoms with van der Waals surface area (Å²) in [5.74, 6) is 4.31. The fourth-order valence-corrected chi connectivity index (χ4v) is 4.46. The van der Waals surface area contributed by atoms with Crippen LogP contribution in [0, 0.1) is 11.8 Å². The molecule has 0 spiro atoms. The van der Waals surface area contributed by atoms with Crippen LogP contribution in [0.4, 0.5) is 11.5 Å². The van der Waals surface area contributed by atoms with Crippen molar-refractivity contribution in [2.24, 2.45) is 7.05 Å². The average molecular weight is 532 g/mol. The second kappa shape index (κ2) is 11.0. The van der Waals surface area contributed by atoms with Crippen molar-refractivity contribution in [2.45, 2.75) is 13.5 Å². The van der Waals surface area contributed by atoms with Crippen LogP contribution in [0.2, 0.25) is 0 Å². The van der Waals surface area contributed by atoms with Crippen molar-refractivity contribution in [2.75, 3.05) is 11.1 Å². The summed E-state index contributed by atoms with van der Waals surface area (Å²) in [7, 11) is 1.88. The highest BCUT2D eigenvalue weighted by Crippen LogP contribution is 2.32. The van der Waals surface area contributed by atoms with Gasteiger partial charge in [0.15, 0.2) is 0 Å². The first-order valence-electron chi connectivity index (χ1n) is 12.4. The van der Waals surface area contributed by atoms with Crippen molar-refractivity contribution in [3.63, 3.8) is 0 Å². The zero-order chi connectivity index (χ0) is 28.2. The Morgan fingerprint density at radius 2 is 1.75 bits per heavy atom. The van der Waals surface area contributed by atoms with Gasteiger partial charge in [0.1, 0.15) is 23.4 Å². The minimum atomic E-state index is -0.558. The quantitative estimate of drug-likeness (QED) is 0.288. The maximum Gasteiger partial charge on any atom is 0.296 e. The standard InChI is InChI=1S/C30H25N7O3/c1-3-7-25(38)32-16-22-14-15-23(30(40)37(22)21-8-5-4-6-9-21)29(39)35-20-12-10-19(11-13-20)24-17-36(2)28-26(24)27(31)33-18-34-28/h4-6,8-15,17-18H,16H2,1-2H3,(H,32,38)(H,35,39)(H2,31,33,34).